The van der Waals surface area contributed by atoms with Crippen LogP contribution in [-0.2, 0) is 0 Å². The molecule has 3 aromatic rings. The topological polar surface area (TPSA) is 31.6 Å². The fourth-order valence-electron chi connectivity index (χ4n) is 5.12. The minimum Gasteiger partial charge on any atom is -0.492 e. The van der Waals surface area contributed by atoms with Gasteiger partial charge >= 0.3 is 0 Å². The van der Waals surface area contributed by atoms with Crippen molar-refractivity contribution in [1.29, 1.82) is 0 Å². The van der Waals surface area contributed by atoms with Gasteiger partial charge in [-0.1, -0.05) is 38.5 Å². The smallest absolute Gasteiger partial charge is 0.136 e. The van der Waals surface area contributed by atoms with Crippen LogP contribution in [0.15, 0.2) is 37.6 Å². The van der Waals surface area contributed by atoms with Gasteiger partial charge in [-0.2, -0.15) is 0 Å². The third kappa shape index (κ3) is 4.93. The lowest BCUT2D eigenvalue weighted by Crippen LogP contribution is -2.15. The number of fused-ring (bicyclic) bond motifs is 3. The van der Waals surface area contributed by atoms with E-state index in [9.17, 15) is 0 Å². The molecule has 2 fully saturated rings. The molecule has 5 heteroatoms. The highest BCUT2D eigenvalue weighted by atomic mass is 79.9. The van der Waals surface area contributed by atoms with Crippen molar-refractivity contribution in [2.24, 2.45) is 11.8 Å². The van der Waals surface area contributed by atoms with E-state index in [-0.39, 0.29) is 0 Å². The quantitative estimate of drug-likeness (QED) is 0.307. The molecular formula is C26H30Br2O3. The molecule has 1 aromatic heterocycles. The Morgan fingerprint density at radius 1 is 0.645 bits per heavy atom. The molecule has 31 heavy (non-hydrogen) atoms. The maximum Gasteiger partial charge on any atom is 0.136 e. The van der Waals surface area contributed by atoms with Gasteiger partial charge in [0.25, 0.3) is 0 Å². The Morgan fingerprint density at radius 3 is 1.48 bits per heavy atom. The van der Waals surface area contributed by atoms with Crippen LogP contribution in [0.2, 0.25) is 0 Å². The fourth-order valence-corrected chi connectivity index (χ4v) is 6.00. The number of halogens is 2. The summed E-state index contributed by atoms with van der Waals surface area (Å²) < 4.78 is 20.5. The van der Waals surface area contributed by atoms with Crippen LogP contribution in [0.1, 0.15) is 64.2 Å². The van der Waals surface area contributed by atoms with Gasteiger partial charge in [0.1, 0.15) is 22.7 Å². The number of ether oxygens (including phenoxy) is 2. The summed E-state index contributed by atoms with van der Waals surface area (Å²) in [6.45, 7) is 1.59. The summed E-state index contributed by atoms with van der Waals surface area (Å²) in [6, 6.07) is 8.30. The number of furan rings is 1. The minimum atomic E-state index is 0.674. The molecule has 1 heterocycles. The Kier molecular flexibility index (Phi) is 6.80. The number of benzene rings is 2. The van der Waals surface area contributed by atoms with Gasteiger partial charge in [-0.3, -0.25) is 0 Å². The molecule has 0 spiro atoms. The largest absolute Gasteiger partial charge is 0.492 e. The van der Waals surface area contributed by atoms with E-state index in [0.717, 1.165) is 55.6 Å². The van der Waals surface area contributed by atoms with Crippen molar-refractivity contribution in [2.75, 3.05) is 13.2 Å². The minimum absolute atomic E-state index is 0.674. The second-order valence-electron chi connectivity index (χ2n) is 9.29. The van der Waals surface area contributed by atoms with E-state index in [0.29, 0.717) is 11.8 Å². The first-order chi connectivity index (χ1) is 15.2. The molecule has 0 radical (unpaired) electrons. The molecule has 166 valence electrons. The number of hydrogen-bond acceptors (Lipinski definition) is 3. The van der Waals surface area contributed by atoms with Crippen LogP contribution in [-0.4, -0.2) is 13.2 Å². The zero-order chi connectivity index (χ0) is 21.2. The standard InChI is InChI=1S/C26H30Br2O3/c27-21-13-23-19(11-25(21)29-15-17-7-3-1-4-8-17)20-12-26(22(28)14-24(20)31-23)30-16-18-9-5-2-6-10-18/h11-14,17-18H,1-10,15-16H2. The van der Waals surface area contributed by atoms with Crippen LogP contribution in [0.4, 0.5) is 0 Å². The summed E-state index contributed by atoms with van der Waals surface area (Å²) >= 11 is 7.36. The maximum atomic E-state index is 6.25. The van der Waals surface area contributed by atoms with Crippen LogP contribution in [0.3, 0.4) is 0 Å². The lowest BCUT2D eigenvalue weighted by molar-refractivity contribution is 0.208. The van der Waals surface area contributed by atoms with Gasteiger partial charge in [-0.05, 0) is 93.6 Å². The van der Waals surface area contributed by atoms with Crippen LogP contribution in [0.25, 0.3) is 21.9 Å². The van der Waals surface area contributed by atoms with Gasteiger partial charge in [0.15, 0.2) is 0 Å². The van der Waals surface area contributed by atoms with E-state index < -0.39 is 0 Å². The zero-order valence-electron chi connectivity index (χ0n) is 17.9. The molecule has 0 N–H and O–H groups in total. The third-order valence-electron chi connectivity index (χ3n) is 6.98. The summed E-state index contributed by atoms with van der Waals surface area (Å²) in [5.74, 6) is 3.14. The summed E-state index contributed by atoms with van der Waals surface area (Å²) in [5, 5.41) is 2.15. The molecule has 3 nitrogen and oxygen atoms in total. The van der Waals surface area contributed by atoms with E-state index in [4.69, 9.17) is 13.9 Å². The van der Waals surface area contributed by atoms with Crippen molar-refractivity contribution in [3.05, 3.63) is 33.2 Å². The molecule has 2 aliphatic rings. The van der Waals surface area contributed by atoms with Crippen molar-refractivity contribution in [1.82, 2.24) is 0 Å². The molecule has 0 atom stereocenters. The lowest BCUT2D eigenvalue weighted by atomic mass is 9.90. The molecule has 5 rings (SSSR count). The highest BCUT2D eigenvalue weighted by Gasteiger charge is 2.19. The van der Waals surface area contributed by atoms with Crippen molar-refractivity contribution in [2.45, 2.75) is 64.2 Å². The molecule has 2 saturated carbocycles. The van der Waals surface area contributed by atoms with Gasteiger partial charge in [0.2, 0.25) is 0 Å². The Bertz CT molecular complexity index is 964. The Hall–Kier alpha value is -1.20. The molecule has 0 amide bonds. The van der Waals surface area contributed by atoms with E-state index in [1.807, 2.05) is 12.1 Å². The Morgan fingerprint density at radius 2 is 1.06 bits per heavy atom. The van der Waals surface area contributed by atoms with E-state index in [1.54, 1.807) is 0 Å². The second-order valence-corrected chi connectivity index (χ2v) is 11.0. The average molecular weight is 550 g/mol. The van der Waals surface area contributed by atoms with Gasteiger partial charge < -0.3 is 13.9 Å². The van der Waals surface area contributed by atoms with Gasteiger partial charge in [-0.15, -0.1) is 0 Å². The molecule has 0 saturated heterocycles. The SMILES string of the molecule is Brc1cc2oc3cc(Br)c(OCC4CCCCC4)cc3c2cc1OCC1CCCCC1. The highest BCUT2D eigenvalue weighted by Crippen LogP contribution is 2.40. The second kappa shape index (κ2) is 9.74. The maximum absolute atomic E-state index is 6.25. The summed E-state index contributed by atoms with van der Waals surface area (Å²) in [4.78, 5) is 0. The van der Waals surface area contributed by atoms with Gasteiger partial charge in [0.05, 0.1) is 22.2 Å². The first-order valence-corrected chi connectivity index (χ1v) is 13.4. The van der Waals surface area contributed by atoms with Crippen molar-refractivity contribution in [3.63, 3.8) is 0 Å². The van der Waals surface area contributed by atoms with Crippen LogP contribution >= 0.6 is 31.9 Å². The first kappa shape index (κ1) is 21.6. The molecule has 0 bridgehead atoms. The van der Waals surface area contributed by atoms with Crippen molar-refractivity contribution < 1.29 is 13.9 Å². The summed E-state index contributed by atoms with van der Waals surface area (Å²) in [5.41, 5.74) is 1.73. The average Bonchev–Trinajstić information content (AvgIpc) is 3.13. The van der Waals surface area contributed by atoms with Crippen molar-refractivity contribution in [3.8, 4) is 11.5 Å². The summed E-state index contributed by atoms with van der Waals surface area (Å²) in [6.07, 6.45) is 13.2. The monoisotopic (exact) mass is 548 g/mol. The van der Waals surface area contributed by atoms with Crippen molar-refractivity contribution >= 4 is 53.8 Å². The predicted molar refractivity (Wildman–Crippen MR) is 133 cm³/mol. The first-order valence-electron chi connectivity index (χ1n) is 11.8. The molecule has 2 aliphatic carbocycles. The predicted octanol–water partition coefficient (Wildman–Crippen LogP) is 9.03. The van der Waals surface area contributed by atoms with Crippen LogP contribution in [0.5, 0.6) is 11.5 Å². The lowest BCUT2D eigenvalue weighted by Gasteiger charge is -2.22. The van der Waals surface area contributed by atoms with E-state index >= 15 is 0 Å². The van der Waals surface area contributed by atoms with Crippen LogP contribution in [0, 0.1) is 11.8 Å². The Labute approximate surface area is 201 Å². The van der Waals surface area contributed by atoms with E-state index in [1.165, 1.54) is 64.2 Å². The highest BCUT2D eigenvalue weighted by molar-refractivity contribution is 9.11. The fraction of sp³-hybridized carbons (Fsp3) is 0.538. The van der Waals surface area contributed by atoms with E-state index in [2.05, 4.69) is 44.0 Å². The third-order valence-corrected chi connectivity index (χ3v) is 8.22. The Balaban J connectivity index is 1.39. The molecule has 0 aliphatic heterocycles. The van der Waals surface area contributed by atoms with Gasteiger partial charge in [-0.25, -0.2) is 0 Å². The summed E-state index contributed by atoms with van der Waals surface area (Å²) in [7, 11) is 0. The number of hydrogen-bond donors (Lipinski definition) is 0. The molecule has 0 unspecified atom stereocenters. The molecule has 2 aromatic carbocycles. The normalized spacial score (nSPS) is 18.6. The zero-order valence-corrected chi connectivity index (χ0v) is 21.1. The number of rotatable bonds is 6. The molecular weight excluding hydrogens is 520 g/mol. The van der Waals surface area contributed by atoms with Gasteiger partial charge in [0, 0.05) is 10.8 Å². The van der Waals surface area contributed by atoms with Crippen LogP contribution < -0.4 is 9.47 Å².